The second-order valence-corrected chi connectivity index (χ2v) is 4.73. The summed E-state index contributed by atoms with van der Waals surface area (Å²) in [7, 11) is 3.34. The Hall–Kier alpha value is -1.82. The number of hydrogen-bond donors (Lipinski definition) is 2. The van der Waals surface area contributed by atoms with Crippen molar-refractivity contribution in [1.29, 1.82) is 0 Å². The number of nitrogens with zero attached hydrogens (tertiary/aromatic N) is 1. The molecule has 17 heavy (non-hydrogen) atoms. The predicted octanol–water partition coefficient (Wildman–Crippen LogP) is 1.62. The van der Waals surface area contributed by atoms with Gasteiger partial charge in [0.2, 0.25) is 0 Å². The normalized spacial score (nSPS) is 10.5. The van der Waals surface area contributed by atoms with Crippen LogP contribution in [0.4, 0.5) is 4.79 Å². The third-order valence-electron chi connectivity index (χ3n) is 1.89. The summed E-state index contributed by atoms with van der Waals surface area (Å²) in [5.41, 5.74) is 0. The second kappa shape index (κ2) is 6.05. The average Bonchev–Trinajstić information content (AvgIpc) is 2.70. The quantitative estimate of drug-likeness (QED) is 0.802. The van der Waals surface area contributed by atoms with Gasteiger partial charge in [0.15, 0.2) is 0 Å². The number of hydrogen-bond acceptors (Lipinski definition) is 3. The molecule has 0 unspecified atom stereocenters. The number of aliphatic carboxylic acids is 1. The SMILES string of the molecule is CN(C)C(=O)NCc1ccc(C=CC(=O)O)s1. The van der Waals surface area contributed by atoms with E-state index in [4.69, 9.17) is 5.11 Å². The zero-order valence-corrected chi connectivity index (χ0v) is 10.5. The number of carboxylic acid groups (broad SMARTS) is 1. The van der Waals surface area contributed by atoms with Crippen LogP contribution in [-0.4, -0.2) is 36.1 Å². The maximum Gasteiger partial charge on any atom is 0.328 e. The molecule has 0 radical (unpaired) electrons. The molecule has 1 aromatic rings. The van der Waals surface area contributed by atoms with Crippen LogP contribution in [0.25, 0.3) is 6.08 Å². The summed E-state index contributed by atoms with van der Waals surface area (Å²) >= 11 is 1.45. The highest BCUT2D eigenvalue weighted by atomic mass is 32.1. The molecule has 1 aromatic heterocycles. The van der Waals surface area contributed by atoms with Crippen molar-refractivity contribution < 1.29 is 14.7 Å². The van der Waals surface area contributed by atoms with Gasteiger partial charge in [0, 0.05) is 29.9 Å². The van der Waals surface area contributed by atoms with Crippen LogP contribution in [0.15, 0.2) is 18.2 Å². The molecule has 0 atom stereocenters. The van der Waals surface area contributed by atoms with Crippen LogP contribution >= 0.6 is 11.3 Å². The first-order valence-corrected chi connectivity index (χ1v) is 5.75. The standard InChI is InChI=1S/C11H14N2O3S/c1-13(2)11(16)12-7-9-4-3-8(17-9)5-6-10(14)15/h3-6H,7H2,1-2H3,(H,12,16)(H,14,15). The molecular formula is C11H14N2O3S. The van der Waals surface area contributed by atoms with Gasteiger partial charge in [-0.2, -0.15) is 0 Å². The monoisotopic (exact) mass is 254 g/mol. The van der Waals surface area contributed by atoms with Gasteiger partial charge >= 0.3 is 12.0 Å². The van der Waals surface area contributed by atoms with Crippen LogP contribution in [-0.2, 0) is 11.3 Å². The van der Waals surface area contributed by atoms with Gasteiger partial charge in [-0.1, -0.05) is 0 Å². The molecule has 5 nitrogen and oxygen atoms in total. The number of carbonyl (C=O) groups excluding carboxylic acids is 1. The van der Waals surface area contributed by atoms with E-state index >= 15 is 0 Å². The molecule has 0 aliphatic heterocycles. The Kier molecular flexibility index (Phi) is 4.71. The van der Waals surface area contributed by atoms with Crippen molar-refractivity contribution in [3.05, 3.63) is 28.0 Å². The zero-order valence-electron chi connectivity index (χ0n) is 9.64. The van der Waals surface area contributed by atoms with Crippen LogP contribution in [0, 0.1) is 0 Å². The molecule has 6 heteroatoms. The third kappa shape index (κ3) is 4.69. The van der Waals surface area contributed by atoms with Gasteiger partial charge < -0.3 is 15.3 Å². The van der Waals surface area contributed by atoms with E-state index in [1.807, 2.05) is 12.1 Å². The minimum atomic E-state index is -0.971. The summed E-state index contributed by atoms with van der Waals surface area (Å²) in [5, 5.41) is 11.2. The molecule has 0 aliphatic rings. The van der Waals surface area contributed by atoms with E-state index in [2.05, 4.69) is 5.32 Å². The van der Waals surface area contributed by atoms with Crippen LogP contribution in [0.3, 0.4) is 0 Å². The largest absolute Gasteiger partial charge is 0.478 e. The van der Waals surface area contributed by atoms with Crippen molar-refractivity contribution in [2.24, 2.45) is 0 Å². The lowest BCUT2D eigenvalue weighted by atomic mass is 10.4. The van der Waals surface area contributed by atoms with Gasteiger partial charge in [0.05, 0.1) is 6.54 Å². The molecule has 1 rings (SSSR count). The van der Waals surface area contributed by atoms with E-state index in [9.17, 15) is 9.59 Å². The number of carboxylic acids is 1. The molecule has 0 aliphatic carbocycles. The van der Waals surface area contributed by atoms with Gasteiger partial charge in [0.25, 0.3) is 0 Å². The molecule has 92 valence electrons. The van der Waals surface area contributed by atoms with Crippen LogP contribution < -0.4 is 5.32 Å². The number of rotatable bonds is 4. The smallest absolute Gasteiger partial charge is 0.328 e. The van der Waals surface area contributed by atoms with Crippen molar-refractivity contribution in [2.45, 2.75) is 6.54 Å². The molecule has 0 spiro atoms. The van der Waals surface area contributed by atoms with E-state index in [-0.39, 0.29) is 6.03 Å². The van der Waals surface area contributed by atoms with E-state index in [1.165, 1.54) is 22.3 Å². The summed E-state index contributed by atoms with van der Waals surface area (Å²) in [6, 6.07) is 3.53. The lowest BCUT2D eigenvalue weighted by Crippen LogP contribution is -2.33. The Labute approximate surface area is 103 Å². The molecule has 0 saturated carbocycles. The summed E-state index contributed by atoms with van der Waals surface area (Å²) in [5.74, 6) is -0.971. The lowest BCUT2D eigenvalue weighted by molar-refractivity contribution is -0.131. The van der Waals surface area contributed by atoms with Crippen LogP contribution in [0.5, 0.6) is 0 Å². The number of amides is 2. The van der Waals surface area contributed by atoms with Gasteiger partial charge in [-0.25, -0.2) is 9.59 Å². The first kappa shape index (κ1) is 13.2. The first-order chi connectivity index (χ1) is 7.99. The van der Waals surface area contributed by atoms with Gasteiger partial charge in [0.1, 0.15) is 0 Å². The first-order valence-electron chi connectivity index (χ1n) is 4.94. The summed E-state index contributed by atoms with van der Waals surface area (Å²) in [4.78, 5) is 24.9. The van der Waals surface area contributed by atoms with E-state index < -0.39 is 5.97 Å². The fraction of sp³-hybridized carbons (Fsp3) is 0.273. The fourth-order valence-electron chi connectivity index (χ4n) is 1.05. The zero-order chi connectivity index (χ0) is 12.8. The fourth-order valence-corrected chi connectivity index (χ4v) is 1.91. The highest BCUT2D eigenvalue weighted by Gasteiger charge is 2.03. The maximum absolute atomic E-state index is 11.3. The van der Waals surface area contributed by atoms with Crippen molar-refractivity contribution in [3.8, 4) is 0 Å². The molecule has 2 N–H and O–H groups in total. The van der Waals surface area contributed by atoms with E-state index in [1.54, 1.807) is 14.1 Å². The average molecular weight is 254 g/mol. The molecule has 0 bridgehead atoms. The van der Waals surface area contributed by atoms with Crippen LogP contribution in [0.2, 0.25) is 0 Å². The Morgan fingerprint density at radius 2 is 2.18 bits per heavy atom. The molecular weight excluding hydrogens is 240 g/mol. The summed E-state index contributed by atoms with van der Waals surface area (Å²) in [6.07, 6.45) is 2.62. The highest BCUT2D eigenvalue weighted by molar-refractivity contribution is 7.12. The van der Waals surface area contributed by atoms with Crippen molar-refractivity contribution in [3.63, 3.8) is 0 Å². The Morgan fingerprint density at radius 1 is 1.47 bits per heavy atom. The Bertz CT molecular complexity index is 438. The Morgan fingerprint density at radius 3 is 2.76 bits per heavy atom. The molecule has 2 amide bonds. The Balaban J connectivity index is 2.51. The topological polar surface area (TPSA) is 69.6 Å². The summed E-state index contributed by atoms with van der Waals surface area (Å²) in [6.45, 7) is 0.447. The third-order valence-corrected chi connectivity index (χ3v) is 2.94. The van der Waals surface area contributed by atoms with Crippen LogP contribution in [0.1, 0.15) is 9.75 Å². The van der Waals surface area contributed by atoms with Gasteiger partial charge in [-0.05, 0) is 18.2 Å². The van der Waals surface area contributed by atoms with Gasteiger partial charge in [-0.15, -0.1) is 11.3 Å². The van der Waals surface area contributed by atoms with Crippen molar-refractivity contribution in [1.82, 2.24) is 10.2 Å². The van der Waals surface area contributed by atoms with Gasteiger partial charge in [-0.3, -0.25) is 0 Å². The number of carbonyl (C=O) groups is 2. The molecule has 0 saturated heterocycles. The minimum Gasteiger partial charge on any atom is -0.478 e. The van der Waals surface area contributed by atoms with E-state index in [0.29, 0.717) is 6.54 Å². The second-order valence-electron chi connectivity index (χ2n) is 3.53. The minimum absolute atomic E-state index is 0.152. The molecule has 0 aromatic carbocycles. The number of urea groups is 1. The number of nitrogens with one attached hydrogen (secondary N) is 1. The molecule has 0 fully saturated rings. The predicted molar refractivity (Wildman–Crippen MR) is 66.9 cm³/mol. The maximum atomic E-state index is 11.3. The highest BCUT2D eigenvalue weighted by Crippen LogP contribution is 2.17. The van der Waals surface area contributed by atoms with E-state index in [0.717, 1.165) is 15.8 Å². The molecule has 1 heterocycles. The van der Waals surface area contributed by atoms with Crippen molar-refractivity contribution in [2.75, 3.05) is 14.1 Å². The number of thiophene rings is 1. The van der Waals surface area contributed by atoms with Crippen molar-refractivity contribution >= 4 is 29.4 Å². The summed E-state index contributed by atoms with van der Waals surface area (Å²) < 4.78 is 0. The lowest BCUT2D eigenvalue weighted by Gasteiger charge is -2.10.